The minimum atomic E-state index is 0.641. The van der Waals surface area contributed by atoms with Gasteiger partial charge in [-0.3, -0.25) is 4.98 Å². The van der Waals surface area contributed by atoms with Crippen LogP contribution >= 0.6 is 11.6 Å². The van der Waals surface area contributed by atoms with Crippen LogP contribution in [0.25, 0.3) is 22.0 Å². The lowest BCUT2D eigenvalue weighted by Crippen LogP contribution is -2.02. The fraction of sp³-hybridized carbons (Fsp3) is 0.136. The van der Waals surface area contributed by atoms with Crippen molar-refractivity contribution in [3.05, 3.63) is 89.3 Å². The van der Waals surface area contributed by atoms with E-state index in [-0.39, 0.29) is 0 Å². The molecule has 0 radical (unpaired) electrons. The Labute approximate surface area is 158 Å². The molecular weight excluding hydrogens is 342 g/mol. The lowest BCUT2D eigenvalue weighted by molar-refractivity contribution is 0.827. The highest BCUT2D eigenvalue weighted by atomic mass is 35.5. The van der Waals surface area contributed by atoms with E-state index in [1.54, 1.807) is 0 Å². The van der Waals surface area contributed by atoms with Crippen LogP contribution in [-0.4, -0.2) is 16.1 Å². The van der Waals surface area contributed by atoms with Gasteiger partial charge in [0.25, 0.3) is 0 Å². The van der Waals surface area contributed by atoms with E-state index in [1.807, 2.05) is 42.7 Å². The molecule has 0 saturated carbocycles. The maximum Gasteiger partial charge on any atom is 0.0492 e. The highest BCUT2D eigenvalue weighted by Crippen LogP contribution is 2.28. The Morgan fingerprint density at radius 2 is 1.81 bits per heavy atom. The average Bonchev–Trinajstić information content (AvgIpc) is 3.00. The lowest BCUT2D eigenvalue weighted by atomic mass is 10.0. The standard InChI is InChI=1S/C22H20ClN3/c23-20-3-1-2-16(12-20)14-26-15-19(6-9-24)21-5-4-18(13-22(21)26)17-7-10-25-11-8-17/h1-5,7-8,10-13,15H,6,9,14,24H2. The van der Waals surface area contributed by atoms with E-state index in [2.05, 4.69) is 40.0 Å². The Hall–Kier alpha value is -2.62. The first-order valence-corrected chi connectivity index (χ1v) is 9.09. The number of pyridine rings is 1. The number of aromatic nitrogens is 2. The Balaban J connectivity index is 1.82. The first kappa shape index (κ1) is 16.8. The summed E-state index contributed by atoms with van der Waals surface area (Å²) >= 11 is 6.16. The topological polar surface area (TPSA) is 43.8 Å². The normalized spacial score (nSPS) is 11.2. The van der Waals surface area contributed by atoms with Crippen molar-refractivity contribution in [1.29, 1.82) is 0 Å². The molecule has 4 aromatic rings. The summed E-state index contributed by atoms with van der Waals surface area (Å²) in [5, 5.41) is 2.02. The first-order valence-electron chi connectivity index (χ1n) is 8.71. The fourth-order valence-electron chi connectivity index (χ4n) is 3.41. The molecule has 0 fully saturated rings. The van der Waals surface area contributed by atoms with Crippen LogP contribution in [0.2, 0.25) is 5.02 Å². The van der Waals surface area contributed by atoms with E-state index in [0.717, 1.165) is 23.6 Å². The zero-order valence-electron chi connectivity index (χ0n) is 14.4. The van der Waals surface area contributed by atoms with E-state index < -0.39 is 0 Å². The van der Waals surface area contributed by atoms with Gasteiger partial charge in [-0.15, -0.1) is 0 Å². The zero-order chi connectivity index (χ0) is 17.9. The van der Waals surface area contributed by atoms with Gasteiger partial charge in [0.15, 0.2) is 0 Å². The van der Waals surface area contributed by atoms with Crippen molar-refractivity contribution in [2.45, 2.75) is 13.0 Å². The van der Waals surface area contributed by atoms with Gasteiger partial charge in [0.05, 0.1) is 0 Å². The van der Waals surface area contributed by atoms with E-state index in [9.17, 15) is 0 Å². The molecule has 3 nitrogen and oxygen atoms in total. The summed E-state index contributed by atoms with van der Waals surface area (Å²) in [7, 11) is 0. The van der Waals surface area contributed by atoms with Crippen molar-refractivity contribution in [3.8, 4) is 11.1 Å². The van der Waals surface area contributed by atoms with Crippen molar-refractivity contribution < 1.29 is 0 Å². The van der Waals surface area contributed by atoms with Crippen LogP contribution in [0.15, 0.2) is 73.2 Å². The molecule has 0 amide bonds. The monoisotopic (exact) mass is 361 g/mol. The number of nitrogens with two attached hydrogens (primary N) is 1. The zero-order valence-corrected chi connectivity index (χ0v) is 15.2. The molecule has 4 rings (SSSR count). The number of nitrogens with zero attached hydrogens (tertiary/aromatic N) is 2. The number of benzene rings is 2. The highest BCUT2D eigenvalue weighted by molar-refractivity contribution is 6.30. The van der Waals surface area contributed by atoms with Crippen LogP contribution < -0.4 is 5.73 Å². The summed E-state index contributed by atoms with van der Waals surface area (Å²) in [5.74, 6) is 0. The van der Waals surface area contributed by atoms with Crippen molar-refractivity contribution in [3.63, 3.8) is 0 Å². The molecule has 2 N–H and O–H groups in total. The van der Waals surface area contributed by atoms with Gasteiger partial charge in [0, 0.05) is 41.1 Å². The van der Waals surface area contributed by atoms with Crippen LogP contribution in [0.3, 0.4) is 0 Å². The third-order valence-electron chi connectivity index (χ3n) is 4.63. The van der Waals surface area contributed by atoms with Gasteiger partial charge in [0.1, 0.15) is 0 Å². The van der Waals surface area contributed by atoms with E-state index in [0.29, 0.717) is 6.54 Å². The number of rotatable bonds is 5. The second kappa shape index (κ2) is 7.32. The Kier molecular flexibility index (Phi) is 4.74. The van der Waals surface area contributed by atoms with Crippen molar-refractivity contribution >= 4 is 22.5 Å². The van der Waals surface area contributed by atoms with Gasteiger partial charge >= 0.3 is 0 Å². The Morgan fingerprint density at radius 1 is 0.962 bits per heavy atom. The van der Waals surface area contributed by atoms with Crippen LogP contribution in [-0.2, 0) is 13.0 Å². The van der Waals surface area contributed by atoms with Gasteiger partial charge in [-0.1, -0.05) is 35.9 Å². The maximum atomic E-state index is 6.16. The molecule has 0 aliphatic heterocycles. The molecule has 0 unspecified atom stereocenters. The molecule has 4 heteroatoms. The van der Waals surface area contributed by atoms with Gasteiger partial charge in [-0.2, -0.15) is 0 Å². The van der Waals surface area contributed by atoms with Gasteiger partial charge in [-0.25, -0.2) is 0 Å². The molecule has 2 aromatic carbocycles. The Morgan fingerprint density at radius 3 is 2.58 bits per heavy atom. The van der Waals surface area contributed by atoms with E-state index >= 15 is 0 Å². The van der Waals surface area contributed by atoms with Crippen LogP contribution in [0.5, 0.6) is 0 Å². The lowest BCUT2D eigenvalue weighted by Gasteiger charge is -2.08. The molecule has 26 heavy (non-hydrogen) atoms. The van der Waals surface area contributed by atoms with Crippen molar-refractivity contribution in [1.82, 2.24) is 9.55 Å². The molecule has 2 aromatic heterocycles. The second-order valence-corrected chi connectivity index (χ2v) is 6.86. The summed E-state index contributed by atoms with van der Waals surface area (Å²) in [6.07, 6.45) is 6.73. The minimum Gasteiger partial charge on any atom is -0.343 e. The molecule has 0 aliphatic carbocycles. The first-order chi connectivity index (χ1) is 12.7. The van der Waals surface area contributed by atoms with Gasteiger partial charge in [0.2, 0.25) is 0 Å². The summed E-state index contributed by atoms with van der Waals surface area (Å²) in [6, 6.07) is 18.7. The number of fused-ring (bicyclic) bond motifs is 1. The van der Waals surface area contributed by atoms with Crippen LogP contribution in [0.4, 0.5) is 0 Å². The maximum absolute atomic E-state index is 6.16. The molecule has 0 spiro atoms. The SMILES string of the molecule is NCCc1cn(Cc2cccc(Cl)c2)c2cc(-c3ccncc3)ccc12. The van der Waals surface area contributed by atoms with Crippen LogP contribution in [0, 0.1) is 0 Å². The Bertz CT molecular complexity index is 1040. The molecule has 0 atom stereocenters. The van der Waals surface area contributed by atoms with Gasteiger partial charge in [-0.05, 0) is 65.6 Å². The smallest absolute Gasteiger partial charge is 0.0492 e. The summed E-state index contributed by atoms with van der Waals surface area (Å²) < 4.78 is 2.29. The van der Waals surface area contributed by atoms with Crippen LogP contribution in [0.1, 0.15) is 11.1 Å². The predicted molar refractivity (Wildman–Crippen MR) is 108 cm³/mol. The predicted octanol–water partition coefficient (Wildman–Crippen LogP) is 4.91. The summed E-state index contributed by atoms with van der Waals surface area (Å²) in [6.45, 7) is 1.42. The number of hydrogen-bond acceptors (Lipinski definition) is 2. The minimum absolute atomic E-state index is 0.641. The fourth-order valence-corrected chi connectivity index (χ4v) is 3.62. The van der Waals surface area contributed by atoms with E-state index in [4.69, 9.17) is 17.3 Å². The molecule has 0 saturated heterocycles. The summed E-state index contributed by atoms with van der Waals surface area (Å²) in [5.41, 5.74) is 11.8. The van der Waals surface area contributed by atoms with Crippen molar-refractivity contribution in [2.24, 2.45) is 5.73 Å². The highest BCUT2D eigenvalue weighted by Gasteiger charge is 2.10. The van der Waals surface area contributed by atoms with Crippen molar-refractivity contribution in [2.75, 3.05) is 6.54 Å². The average molecular weight is 362 g/mol. The largest absolute Gasteiger partial charge is 0.343 e. The molecular formula is C22H20ClN3. The van der Waals surface area contributed by atoms with E-state index in [1.165, 1.54) is 27.6 Å². The molecule has 0 bridgehead atoms. The number of hydrogen-bond donors (Lipinski definition) is 1. The third kappa shape index (κ3) is 3.36. The summed E-state index contributed by atoms with van der Waals surface area (Å²) in [4.78, 5) is 4.11. The molecule has 130 valence electrons. The number of halogens is 1. The second-order valence-electron chi connectivity index (χ2n) is 6.42. The quantitative estimate of drug-likeness (QED) is 0.549. The molecule has 2 heterocycles. The molecule has 0 aliphatic rings. The third-order valence-corrected chi connectivity index (χ3v) is 4.87. The van der Waals surface area contributed by atoms with Gasteiger partial charge < -0.3 is 10.3 Å².